The lowest BCUT2D eigenvalue weighted by Gasteiger charge is -2.43. The normalized spacial score (nSPS) is 16.9. The van der Waals surface area contributed by atoms with E-state index in [0.29, 0.717) is 0 Å². The van der Waals surface area contributed by atoms with Gasteiger partial charge in [0.25, 0.3) is 0 Å². The fraction of sp³-hybridized carbons (Fsp3) is 0.182. The Labute approximate surface area is 400 Å². The van der Waals surface area contributed by atoms with Crippen LogP contribution in [0.1, 0.15) is 99.9 Å². The van der Waals surface area contributed by atoms with E-state index < -0.39 is 0 Å². The first kappa shape index (κ1) is 39.7. The number of benzene rings is 10. The van der Waals surface area contributed by atoms with Gasteiger partial charge in [-0.2, -0.15) is 0 Å². The van der Waals surface area contributed by atoms with E-state index >= 15 is 0 Å². The molecule has 0 fully saturated rings. The van der Waals surface area contributed by atoms with E-state index in [1.54, 1.807) is 0 Å². The predicted molar refractivity (Wildman–Crippen MR) is 288 cm³/mol. The fourth-order valence-electron chi connectivity index (χ4n) is 13.6. The number of hydrogen-bond donors (Lipinski definition) is 0. The molecule has 2 aliphatic heterocycles. The molecule has 0 saturated heterocycles. The molecule has 0 spiro atoms. The third-order valence-electron chi connectivity index (χ3n) is 17.2. The molecule has 10 aromatic rings. The Bertz CT molecular complexity index is 3620. The minimum atomic E-state index is -0.218. The minimum absolute atomic E-state index is 0.0998. The van der Waals surface area contributed by atoms with Gasteiger partial charge in [0.05, 0.1) is 34.1 Å². The van der Waals surface area contributed by atoms with E-state index in [1.807, 2.05) is 0 Å². The van der Waals surface area contributed by atoms with Crippen LogP contribution in [0.3, 0.4) is 0 Å². The second-order valence-corrected chi connectivity index (χ2v) is 22.1. The van der Waals surface area contributed by atoms with Crippen LogP contribution in [-0.2, 0) is 21.7 Å². The van der Waals surface area contributed by atoms with Crippen LogP contribution in [0.5, 0.6) is 0 Å². The average molecular weight is 875 g/mol. The summed E-state index contributed by atoms with van der Waals surface area (Å²) >= 11 is 0. The van der Waals surface area contributed by atoms with E-state index in [2.05, 4.69) is 247 Å². The molecule has 68 heavy (non-hydrogen) atoms. The molecule has 2 heteroatoms. The van der Waals surface area contributed by atoms with Crippen molar-refractivity contribution in [3.05, 3.63) is 226 Å². The zero-order valence-electron chi connectivity index (χ0n) is 40.2. The Morgan fingerprint density at radius 1 is 0.221 bits per heavy atom. The largest absolute Gasteiger partial charge is 0.309 e. The average Bonchev–Trinajstić information content (AvgIpc) is 3.72. The molecule has 0 saturated carbocycles. The molecule has 0 N–H and O–H groups in total. The molecular formula is C66H54N2. The summed E-state index contributed by atoms with van der Waals surface area (Å²) in [6.07, 6.45) is 0. The Morgan fingerprint density at radius 2 is 0.544 bits per heavy atom. The Morgan fingerprint density at radius 3 is 0.956 bits per heavy atom. The SMILES string of the molecule is CC1(C)c2ccccc2-c2cc3c(cc21)C(C)(C)c1ccccc1N3c1cc2c3ccccc3c(N3c4ccccc4C(C)(C)c4cc5c(cc43)-c3ccccc3C5(C)C)cc2c2ccccc12. The second-order valence-electron chi connectivity index (χ2n) is 22.1. The number of para-hydroxylation sites is 2. The first-order valence-corrected chi connectivity index (χ1v) is 24.5. The van der Waals surface area contributed by atoms with Crippen LogP contribution in [0, 0.1) is 0 Å². The van der Waals surface area contributed by atoms with Crippen LogP contribution in [0.2, 0.25) is 0 Å². The summed E-state index contributed by atoms with van der Waals surface area (Å²) in [5.41, 5.74) is 23.2. The molecule has 0 aromatic heterocycles. The van der Waals surface area contributed by atoms with Gasteiger partial charge in [0.15, 0.2) is 0 Å². The highest BCUT2D eigenvalue weighted by atomic mass is 15.2. The predicted octanol–water partition coefficient (Wildman–Crippen LogP) is 18.0. The third-order valence-corrected chi connectivity index (χ3v) is 17.2. The van der Waals surface area contributed by atoms with Crippen molar-refractivity contribution >= 4 is 66.4 Å². The van der Waals surface area contributed by atoms with E-state index in [-0.39, 0.29) is 21.7 Å². The zero-order chi connectivity index (χ0) is 46.2. The molecule has 14 rings (SSSR count). The van der Waals surface area contributed by atoms with Gasteiger partial charge < -0.3 is 9.80 Å². The number of nitrogens with zero attached hydrogens (tertiary/aromatic N) is 2. The van der Waals surface area contributed by atoms with Gasteiger partial charge in [0.1, 0.15) is 0 Å². The lowest BCUT2D eigenvalue weighted by atomic mass is 9.71. The summed E-state index contributed by atoms with van der Waals surface area (Å²) in [5.74, 6) is 0. The van der Waals surface area contributed by atoms with Crippen molar-refractivity contribution in [2.24, 2.45) is 0 Å². The number of anilines is 6. The van der Waals surface area contributed by atoms with Gasteiger partial charge in [0.2, 0.25) is 0 Å². The van der Waals surface area contributed by atoms with Crippen LogP contribution >= 0.6 is 0 Å². The fourth-order valence-corrected chi connectivity index (χ4v) is 13.6. The van der Waals surface area contributed by atoms with Crippen molar-refractivity contribution in [3.63, 3.8) is 0 Å². The summed E-state index contributed by atoms with van der Waals surface area (Å²) in [4.78, 5) is 5.21. The highest BCUT2D eigenvalue weighted by Gasteiger charge is 2.45. The molecule has 328 valence electrons. The summed E-state index contributed by atoms with van der Waals surface area (Å²) in [7, 11) is 0. The van der Waals surface area contributed by atoms with E-state index in [1.165, 1.54) is 133 Å². The van der Waals surface area contributed by atoms with Crippen molar-refractivity contribution in [1.82, 2.24) is 0 Å². The summed E-state index contributed by atoms with van der Waals surface area (Å²) in [5, 5.41) is 7.48. The molecule has 2 nitrogen and oxygen atoms in total. The van der Waals surface area contributed by atoms with Gasteiger partial charge in [-0.15, -0.1) is 0 Å². The molecule has 0 radical (unpaired) electrons. The topological polar surface area (TPSA) is 6.48 Å². The monoisotopic (exact) mass is 874 g/mol. The summed E-state index contributed by atoms with van der Waals surface area (Å²) in [6.45, 7) is 19.3. The first-order valence-electron chi connectivity index (χ1n) is 24.5. The minimum Gasteiger partial charge on any atom is -0.309 e. The quantitative estimate of drug-likeness (QED) is 0.160. The van der Waals surface area contributed by atoms with Crippen molar-refractivity contribution in [2.45, 2.75) is 77.0 Å². The third kappa shape index (κ3) is 4.93. The van der Waals surface area contributed by atoms with Crippen molar-refractivity contribution in [2.75, 3.05) is 9.80 Å². The maximum Gasteiger partial charge on any atom is 0.0546 e. The maximum atomic E-state index is 2.60. The van der Waals surface area contributed by atoms with Gasteiger partial charge in [-0.3, -0.25) is 0 Å². The lowest BCUT2D eigenvalue weighted by Crippen LogP contribution is -2.31. The molecule has 2 heterocycles. The highest BCUT2D eigenvalue weighted by Crippen LogP contribution is 2.61. The van der Waals surface area contributed by atoms with Gasteiger partial charge in [0, 0.05) is 32.4 Å². The molecule has 2 aliphatic carbocycles. The van der Waals surface area contributed by atoms with E-state index in [9.17, 15) is 0 Å². The standard InChI is InChI=1S/C66H54N2/c1-63(2)49-27-15-13-23-41(49)47-35-61-55(37-53(47)63)65(5,6)51-29-17-19-31-57(51)67(61)59-33-45-40-22-10-12-26-44(40)60(34-46(45)39-21-9-11-25-43(39)59)68-58-32-20-18-30-52(58)66(7,8)56-38-54-48(36-62(56)68)42-24-14-16-28-50(42)64(54,3)4/h9-38H,1-8H3. The lowest BCUT2D eigenvalue weighted by molar-refractivity contribution is 0.619. The van der Waals surface area contributed by atoms with Crippen LogP contribution < -0.4 is 9.80 Å². The van der Waals surface area contributed by atoms with Gasteiger partial charge in [-0.25, -0.2) is 0 Å². The maximum absolute atomic E-state index is 2.60. The van der Waals surface area contributed by atoms with Crippen LogP contribution in [0.25, 0.3) is 54.6 Å². The van der Waals surface area contributed by atoms with Gasteiger partial charge in [-0.1, -0.05) is 201 Å². The smallest absolute Gasteiger partial charge is 0.0546 e. The molecule has 0 bridgehead atoms. The molecule has 0 atom stereocenters. The van der Waals surface area contributed by atoms with Crippen LogP contribution in [-0.4, -0.2) is 0 Å². The Hall–Kier alpha value is -7.42. The highest BCUT2D eigenvalue weighted by molar-refractivity contribution is 6.25. The van der Waals surface area contributed by atoms with E-state index in [4.69, 9.17) is 0 Å². The van der Waals surface area contributed by atoms with Gasteiger partial charge in [-0.05, 0) is 125 Å². The van der Waals surface area contributed by atoms with E-state index in [0.717, 1.165) is 0 Å². The van der Waals surface area contributed by atoms with Crippen molar-refractivity contribution < 1.29 is 0 Å². The zero-order valence-corrected chi connectivity index (χ0v) is 40.2. The number of rotatable bonds is 2. The molecule has 0 unspecified atom stereocenters. The number of fused-ring (bicyclic) bond motifs is 15. The summed E-state index contributed by atoms with van der Waals surface area (Å²) in [6, 6.07) is 69.9. The van der Waals surface area contributed by atoms with Crippen LogP contribution in [0.4, 0.5) is 34.1 Å². The van der Waals surface area contributed by atoms with Crippen molar-refractivity contribution in [1.29, 1.82) is 0 Å². The molecule has 4 aliphatic rings. The first-order chi connectivity index (χ1) is 32.8. The van der Waals surface area contributed by atoms with Crippen molar-refractivity contribution in [3.8, 4) is 22.3 Å². The Balaban J connectivity index is 1.06. The number of hydrogen-bond acceptors (Lipinski definition) is 2. The van der Waals surface area contributed by atoms with Gasteiger partial charge >= 0.3 is 0 Å². The molecular weight excluding hydrogens is 821 g/mol. The summed E-state index contributed by atoms with van der Waals surface area (Å²) < 4.78 is 0. The molecule has 0 amide bonds. The molecule has 10 aromatic carbocycles. The van der Waals surface area contributed by atoms with Crippen LogP contribution in [0.15, 0.2) is 182 Å². The Kier molecular flexibility index (Phi) is 7.69. The second kappa shape index (κ2) is 13.2.